The molecular weight excluding hydrogens is 258 g/mol. The lowest BCUT2D eigenvalue weighted by atomic mass is 10.0. The Morgan fingerprint density at radius 1 is 1.05 bits per heavy atom. The number of rotatable bonds is 3. The number of benzene rings is 1. The lowest BCUT2D eigenvalue weighted by Crippen LogP contribution is -2.46. The summed E-state index contributed by atoms with van der Waals surface area (Å²) in [6.07, 6.45) is 6.12. The molecule has 3 rings (SSSR count). The van der Waals surface area contributed by atoms with Crippen LogP contribution in [0.2, 0.25) is 0 Å². The average molecular weight is 287 g/mol. The van der Waals surface area contributed by atoms with Crippen LogP contribution in [0, 0.1) is 13.8 Å². The highest BCUT2D eigenvalue weighted by molar-refractivity contribution is 5.56. The van der Waals surface area contributed by atoms with Crippen LogP contribution in [0.25, 0.3) is 0 Å². The third-order valence-corrected chi connectivity index (χ3v) is 5.36. The Kier molecular flexibility index (Phi) is 4.51. The van der Waals surface area contributed by atoms with E-state index in [1.54, 1.807) is 0 Å². The molecular formula is C18H29N3. The lowest BCUT2D eigenvalue weighted by Gasteiger charge is -2.36. The van der Waals surface area contributed by atoms with Gasteiger partial charge in [0.05, 0.1) is 0 Å². The predicted molar refractivity (Wildman–Crippen MR) is 89.9 cm³/mol. The van der Waals surface area contributed by atoms with E-state index in [0.29, 0.717) is 18.1 Å². The first-order valence-electron chi connectivity index (χ1n) is 8.46. The number of nitrogens with one attached hydrogen (secondary N) is 1. The third-order valence-electron chi connectivity index (χ3n) is 5.36. The maximum Gasteiger partial charge on any atom is 0.0398 e. The molecule has 1 aliphatic heterocycles. The van der Waals surface area contributed by atoms with Crippen molar-refractivity contribution in [3.8, 4) is 0 Å². The standard InChI is InChI=1S/C18H29N3/c1-13-4-3-5-18(14(13)2)21-10-8-16(9-11-21)20-17-7-6-15(19)12-17/h3-5,15-17,20H,6-12,19H2,1-2H3/t15-,17-/m1/s1. The van der Waals surface area contributed by atoms with Crippen LogP contribution in [-0.4, -0.2) is 31.2 Å². The van der Waals surface area contributed by atoms with Crippen LogP contribution in [0.15, 0.2) is 18.2 Å². The second-order valence-electron chi connectivity index (χ2n) is 6.92. The average Bonchev–Trinajstić information content (AvgIpc) is 2.88. The van der Waals surface area contributed by atoms with Crippen molar-refractivity contribution in [3.63, 3.8) is 0 Å². The van der Waals surface area contributed by atoms with E-state index in [9.17, 15) is 0 Å². The molecule has 3 N–H and O–H groups in total. The summed E-state index contributed by atoms with van der Waals surface area (Å²) in [6, 6.07) is 8.43. The molecule has 1 aromatic carbocycles. The van der Waals surface area contributed by atoms with Gasteiger partial charge in [0.1, 0.15) is 0 Å². The minimum absolute atomic E-state index is 0.428. The molecule has 0 aromatic heterocycles. The summed E-state index contributed by atoms with van der Waals surface area (Å²) in [6.45, 7) is 6.78. The molecule has 1 saturated carbocycles. The molecule has 0 unspecified atom stereocenters. The van der Waals surface area contributed by atoms with Crippen LogP contribution < -0.4 is 16.0 Å². The number of nitrogens with zero attached hydrogens (tertiary/aromatic N) is 1. The number of hydrogen-bond acceptors (Lipinski definition) is 3. The zero-order chi connectivity index (χ0) is 14.8. The number of piperidine rings is 1. The molecule has 1 saturated heterocycles. The van der Waals surface area contributed by atoms with E-state index in [1.165, 1.54) is 55.6 Å². The molecule has 1 aromatic rings. The monoisotopic (exact) mass is 287 g/mol. The first-order chi connectivity index (χ1) is 10.1. The molecule has 0 radical (unpaired) electrons. The van der Waals surface area contributed by atoms with Crippen LogP contribution >= 0.6 is 0 Å². The van der Waals surface area contributed by atoms with Gasteiger partial charge in [0.2, 0.25) is 0 Å². The first kappa shape index (κ1) is 14.9. The van der Waals surface area contributed by atoms with E-state index in [-0.39, 0.29) is 0 Å². The minimum atomic E-state index is 0.428. The predicted octanol–water partition coefficient (Wildman–Crippen LogP) is 2.74. The zero-order valence-corrected chi connectivity index (χ0v) is 13.4. The highest BCUT2D eigenvalue weighted by Gasteiger charge is 2.26. The van der Waals surface area contributed by atoms with E-state index in [2.05, 4.69) is 42.3 Å². The first-order valence-corrected chi connectivity index (χ1v) is 8.46. The van der Waals surface area contributed by atoms with Gasteiger partial charge in [0.15, 0.2) is 0 Å². The highest BCUT2D eigenvalue weighted by Crippen LogP contribution is 2.26. The molecule has 21 heavy (non-hydrogen) atoms. The summed E-state index contributed by atoms with van der Waals surface area (Å²) in [7, 11) is 0. The summed E-state index contributed by atoms with van der Waals surface area (Å²) in [4.78, 5) is 2.56. The summed E-state index contributed by atoms with van der Waals surface area (Å²) in [5, 5.41) is 3.84. The molecule has 0 amide bonds. The van der Waals surface area contributed by atoms with Gasteiger partial charge in [-0.05, 0) is 63.1 Å². The number of anilines is 1. The van der Waals surface area contributed by atoms with Crippen molar-refractivity contribution in [2.24, 2.45) is 5.73 Å². The fraction of sp³-hybridized carbons (Fsp3) is 0.667. The van der Waals surface area contributed by atoms with Gasteiger partial charge < -0.3 is 16.0 Å². The van der Waals surface area contributed by atoms with Crippen molar-refractivity contribution in [1.29, 1.82) is 0 Å². The van der Waals surface area contributed by atoms with E-state index < -0.39 is 0 Å². The zero-order valence-electron chi connectivity index (χ0n) is 13.4. The fourth-order valence-electron chi connectivity index (χ4n) is 3.87. The van der Waals surface area contributed by atoms with Gasteiger partial charge in [-0.3, -0.25) is 0 Å². The fourth-order valence-corrected chi connectivity index (χ4v) is 3.87. The van der Waals surface area contributed by atoms with Gasteiger partial charge >= 0.3 is 0 Å². The molecule has 0 spiro atoms. The topological polar surface area (TPSA) is 41.3 Å². The maximum atomic E-state index is 6.01. The van der Waals surface area contributed by atoms with Crippen molar-refractivity contribution < 1.29 is 0 Å². The Morgan fingerprint density at radius 2 is 1.81 bits per heavy atom. The molecule has 1 aliphatic carbocycles. The summed E-state index contributed by atoms with van der Waals surface area (Å²) < 4.78 is 0. The van der Waals surface area contributed by atoms with Gasteiger partial charge in [0, 0.05) is 36.9 Å². The van der Waals surface area contributed by atoms with E-state index in [4.69, 9.17) is 5.73 Å². The normalized spacial score (nSPS) is 27.3. The van der Waals surface area contributed by atoms with E-state index in [1.807, 2.05) is 0 Å². The van der Waals surface area contributed by atoms with Gasteiger partial charge in [-0.25, -0.2) is 0 Å². The molecule has 2 fully saturated rings. The Labute approximate surface area is 128 Å². The molecule has 1 heterocycles. The van der Waals surface area contributed by atoms with Crippen molar-refractivity contribution in [2.45, 2.75) is 64.1 Å². The van der Waals surface area contributed by atoms with Gasteiger partial charge in [-0.2, -0.15) is 0 Å². The molecule has 3 nitrogen and oxygen atoms in total. The van der Waals surface area contributed by atoms with Crippen molar-refractivity contribution in [1.82, 2.24) is 5.32 Å². The SMILES string of the molecule is Cc1cccc(N2CCC(N[C@@H]3CC[C@@H](N)C3)CC2)c1C. The second-order valence-corrected chi connectivity index (χ2v) is 6.92. The largest absolute Gasteiger partial charge is 0.371 e. The van der Waals surface area contributed by atoms with Gasteiger partial charge in [-0.1, -0.05) is 12.1 Å². The van der Waals surface area contributed by atoms with Crippen LogP contribution in [0.4, 0.5) is 5.69 Å². The van der Waals surface area contributed by atoms with E-state index >= 15 is 0 Å². The summed E-state index contributed by atoms with van der Waals surface area (Å²) >= 11 is 0. The summed E-state index contributed by atoms with van der Waals surface area (Å²) in [5.41, 5.74) is 10.3. The van der Waals surface area contributed by atoms with Crippen molar-refractivity contribution in [2.75, 3.05) is 18.0 Å². The molecule has 2 aliphatic rings. The quantitative estimate of drug-likeness (QED) is 0.898. The molecule has 0 bridgehead atoms. The van der Waals surface area contributed by atoms with Gasteiger partial charge in [-0.15, -0.1) is 0 Å². The Bertz CT molecular complexity index is 477. The van der Waals surface area contributed by atoms with Crippen LogP contribution in [0.5, 0.6) is 0 Å². The number of hydrogen-bond donors (Lipinski definition) is 2. The second kappa shape index (κ2) is 6.37. The Balaban J connectivity index is 1.54. The summed E-state index contributed by atoms with van der Waals surface area (Å²) in [5.74, 6) is 0. The Morgan fingerprint density at radius 3 is 2.48 bits per heavy atom. The number of aryl methyl sites for hydroxylation is 1. The smallest absolute Gasteiger partial charge is 0.0398 e. The molecule has 116 valence electrons. The molecule has 2 atom stereocenters. The third kappa shape index (κ3) is 3.41. The molecule has 3 heteroatoms. The Hall–Kier alpha value is -1.06. The van der Waals surface area contributed by atoms with E-state index in [0.717, 1.165) is 6.42 Å². The highest BCUT2D eigenvalue weighted by atomic mass is 15.2. The lowest BCUT2D eigenvalue weighted by molar-refractivity contribution is 0.366. The minimum Gasteiger partial charge on any atom is -0.371 e. The van der Waals surface area contributed by atoms with Crippen molar-refractivity contribution in [3.05, 3.63) is 29.3 Å². The van der Waals surface area contributed by atoms with Crippen LogP contribution in [0.1, 0.15) is 43.2 Å². The van der Waals surface area contributed by atoms with Crippen molar-refractivity contribution >= 4 is 5.69 Å². The van der Waals surface area contributed by atoms with Gasteiger partial charge in [0.25, 0.3) is 0 Å². The maximum absolute atomic E-state index is 6.01. The number of nitrogens with two attached hydrogens (primary N) is 1. The van der Waals surface area contributed by atoms with Crippen LogP contribution in [0.3, 0.4) is 0 Å². The van der Waals surface area contributed by atoms with Crippen LogP contribution in [-0.2, 0) is 0 Å².